The molecule has 1 aromatic rings. The molecule has 0 atom stereocenters. The van der Waals surface area contributed by atoms with Gasteiger partial charge in [-0.05, 0) is 24.0 Å². The van der Waals surface area contributed by atoms with E-state index in [9.17, 15) is 4.79 Å². The van der Waals surface area contributed by atoms with Crippen molar-refractivity contribution in [3.05, 3.63) is 23.8 Å². The van der Waals surface area contributed by atoms with Gasteiger partial charge in [0.15, 0.2) is 0 Å². The van der Waals surface area contributed by atoms with Crippen LogP contribution in [0.5, 0.6) is 5.75 Å². The molecule has 0 spiro atoms. The maximum absolute atomic E-state index is 12.1. The first-order valence-corrected chi connectivity index (χ1v) is 7.54. The van der Waals surface area contributed by atoms with Crippen LogP contribution in [0.1, 0.15) is 5.56 Å². The van der Waals surface area contributed by atoms with Crippen LogP contribution in [0.4, 0.5) is 0 Å². The number of ether oxygens (including phenoxy) is 1. The number of hydrogen-bond acceptors (Lipinski definition) is 4. The van der Waals surface area contributed by atoms with E-state index in [-0.39, 0.29) is 24.2 Å². The molecule has 2 rings (SSSR count). The van der Waals surface area contributed by atoms with Crippen molar-refractivity contribution in [1.29, 1.82) is 0 Å². The number of carbonyl (C=O) groups excluding carboxylic acids is 1. The summed E-state index contributed by atoms with van der Waals surface area (Å²) < 4.78 is 5.36. The molecule has 1 amide bonds. The highest BCUT2D eigenvalue weighted by Crippen LogP contribution is 2.28. The van der Waals surface area contributed by atoms with Crippen molar-refractivity contribution in [2.45, 2.75) is 11.4 Å². The quantitative estimate of drug-likeness (QED) is 0.844. The fourth-order valence-corrected chi connectivity index (χ4v) is 2.65. The second-order valence-electron chi connectivity index (χ2n) is 4.74. The first-order chi connectivity index (χ1) is 9.15. The fraction of sp³-hybridized carbons (Fsp3) is 0.500. The Morgan fingerprint density at radius 1 is 1.50 bits per heavy atom. The van der Waals surface area contributed by atoms with E-state index in [1.807, 2.05) is 25.4 Å². The van der Waals surface area contributed by atoms with Crippen molar-refractivity contribution in [2.75, 3.05) is 33.5 Å². The summed E-state index contributed by atoms with van der Waals surface area (Å²) >= 11 is 1.66. The number of hydrogen-bond donors (Lipinski definition) is 1. The summed E-state index contributed by atoms with van der Waals surface area (Å²) in [6.07, 6.45) is 2.02. The Morgan fingerprint density at radius 2 is 2.20 bits per heavy atom. The van der Waals surface area contributed by atoms with Gasteiger partial charge in [0.1, 0.15) is 5.75 Å². The van der Waals surface area contributed by atoms with Crippen LogP contribution in [-0.2, 0) is 11.3 Å². The second kappa shape index (κ2) is 7.76. The van der Waals surface area contributed by atoms with Crippen molar-refractivity contribution in [2.24, 2.45) is 5.92 Å². The molecule has 112 valence electrons. The highest BCUT2D eigenvalue weighted by atomic mass is 35.5. The van der Waals surface area contributed by atoms with Crippen molar-refractivity contribution in [1.82, 2.24) is 10.2 Å². The van der Waals surface area contributed by atoms with Crippen LogP contribution in [0.25, 0.3) is 0 Å². The molecule has 0 aliphatic carbocycles. The van der Waals surface area contributed by atoms with E-state index in [0.29, 0.717) is 6.54 Å². The van der Waals surface area contributed by atoms with Crippen LogP contribution < -0.4 is 10.1 Å². The van der Waals surface area contributed by atoms with Gasteiger partial charge in [-0.2, -0.15) is 0 Å². The van der Waals surface area contributed by atoms with Gasteiger partial charge >= 0.3 is 0 Å². The zero-order chi connectivity index (χ0) is 13.8. The molecule has 20 heavy (non-hydrogen) atoms. The molecule has 1 aromatic carbocycles. The van der Waals surface area contributed by atoms with E-state index in [1.165, 1.54) is 0 Å². The zero-order valence-electron chi connectivity index (χ0n) is 12.0. The Balaban J connectivity index is 0.00000200. The lowest BCUT2D eigenvalue weighted by atomic mass is 10.0. The lowest BCUT2D eigenvalue weighted by Gasteiger charge is -2.30. The van der Waals surface area contributed by atoms with Crippen LogP contribution in [0.3, 0.4) is 0 Å². The minimum Gasteiger partial charge on any atom is -0.496 e. The molecule has 1 N–H and O–H groups in total. The number of benzene rings is 1. The highest BCUT2D eigenvalue weighted by Gasteiger charge is 2.27. The Kier molecular flexibility index (Phi) is 6.65. The van der Waals surface area contributed by atoms with Crippen molar-refractivity contribution < 1.29 is 9.53 Å². The Hall–Kier alpha value is -0.910. The number of halogens is 1. The predicted octanol–water partition coefficient (Wildman–Crippen LogP) is 2.02. The lowest BCUT2D eigenvalue weighted by molar-refractivity contribution is -0.136. The molecule has 6 heteroatoms. The zero-order valence-corrected chi connectivity index (χ0v) is 13.6. The first-order valence-electron chi connectivity index (χ1n) is 6.32. The van der Waals surface area contributed by atoms with Crippen molar-refractivity contribution in [3.63, 3.8) is 0 Å². The molecule has 0 unspecified atom stereocenters. The smallest absolute Gasteiger partial charge is 0.228 e. The summed E-state index contributed by atoms with van der Waals surface area (Å²) in [5.74, 6) is 1.24. The number of carbonyl (C=O) groups is 1. The van der Waals surface area contributed by atoms with Crippen LogP contribution in [0.15, 0.2) is 23.1 Å². The molecule has 0 bridgehead atoms. The number of thioether (sulfide) groups is 1. The van der Waals surface area contributed by atoms with Gasteiger partial charge < -0.3 is 15.0 Å². The molecular formula is C14H21ClN2O2S. The summed E-state index contributed by atoms with van der Waals surface area (Å²) in [7, 11) is 3.53. The molecule has 1 heterocycles. The number of rotatable bonds is 5. The van der Waals surface area contributed by atoms with E-state index in [0.717, 1.165) is 29.3 Å². The van der Waals surface area contributed by atoms with Crippen LogP contribution >= 0.6 is 24.2 Å². The number of nitrogens with one attached hydrogen (secondary N) is 1. The molecule has 1 saturated heterocycles. The van der Waals surface area contributed by atoms with Crippen LogP contribution in [0.2, 0.25) is 0 Å². The van der Waals surface area contributed by atoms with Gasteiger partial charge in [0.2, 0.25) is 5.91 Å². The van der Waals surface area contributed by atoms with Gasteiger partial charge in [0.05, 0.1) is 13.0 Å². The average Bonchev–Trinajstić information content (AvgIpc) is 2.36. The van der Waals surface area contributed by atoms with E-state index < -0.39 is 0 Å². The van der Waals surface area contributed by atoms with E-state index >= 15 is 0 Å². The summed E-state index contributed by atoms with van der Waals surface area (Å²) in [5, 5.41) is 3.12. The summed E-state index contributed by atoms with van der Waals surface area (Å²) in [4.78, 5) is 15.0. The molecule has 1 aliphatic heterocycles. The largest absolute Gasteiger partial charge is 0.496 e. The third kappa shape index (κ3) is 3.81. The number of methoxy groups -OCH3 is 1. The second-order valence-corrected chi connectivity index (χ2v) is 5.59. The van der Waals surface area contributed by atoms with Gasteiger partial charge in [-0.15, -0.1) is 24.2 Å². The summed E-state index contributed by atoms with van der Waals surface area (Å²) in [6, 6.07) is 6.11. The van der Waals surface area contributed by atoms with Crippen molar-refractivity contribution >= 4 is 30.1 Å². The van der Waals surface area contributed by atoms with Gasteiger partial charge in [-0.25, -0.2) is 0 Å². The van der Waals surface area contributed by atoms with E-state index in [1.54, 1.807) is 23.8 Å². The van der Waals surface area contributed by atoms with Gasteiger partial charge in [-0.1, -0.05) is 6.07 Å². The van der Waals surface area contributed by atoms with E-state index in [4.69, 9.17) is 4.74 Å². The molecule has 4 nitrogen and oxygen atoms in total. The van der Waals surface area contributed by atoms with E-state index in [2.05, 4.69) is 11.4 Å². The average molecular weight is 317 g/mol. The SMILES string of the molecule is COc1cc(CN(C)C(=O)C2CNC2)ccc1SC.Cl. The molecule has 0 saturated carbocycles. The minimum absolute atomic E-state index is 0. The van der Waals surface area contributed by atoms with Gasteiger partial charge in [0, 0.05) is 31.6 Å². The molecular weight excluding hydrogens is 296 g/mol. The molecule has 1 fully saturated rings. The number of nitrogens with zero attached hydrogens (tertiary/aromatic N) is 1. The van der Waals surface area contributed by atoms with Crippen LogP contribution in [-0.4, -0.2) is 44.3 Å². The standard InChI is InChI=1S/C14H20N2O2S.ClH/c1-16(14(17)11-7-15-8-11)9-10-4-5-13(19-3)12(6-10)18-2;/h4-6,11,15H,7-9H2,1-3H3;1H. The fourth-order valence-electron chi connectivity index (χ4n) is 2.11. The van der Waals surface area contributed by atoms with Gasteiger partial charge in [0.25, 0.3) is 0 Å². The molecule has 0 aromatic heterocycles. The minimum atomic E-state index is 0. The first kappa shape index (κ1) is 17.1. The third-order valence-electron chi connectivity index (χ3n) is 3.37. The third-order valence-corrected chi connectivity index (χ3v) is 4.15. The Morgan fingerprint density at radius 3 is 2.70 bits per heavy atom. The maximum atomic E-state index is 12.1. The normalized spacial score (nSPS) is 14.2. The van der Waals surface area contributed by atoms with Crippen molar-refractivity contribution in [3.8, 4) is 5.75 Å². The predicted molar refractivity (Wildman–Crippen MR) is 84.9 cm³/mol. The van der Waals surface area contributed by atoms with Gasteiger partial charge in [-0.3, -0.25) is 4.79 Å². The summed E-state index contributed by atoms with van der Waals surface area (Å²) in [6.45, 7) is 2.23. The lowest BCUT2D eigenvalue weighted by Crippen LogP contribution is -2.50. The Bertz CT molecular complexity index is 466. The molecule has 0 radical (unpaired) electrons. The topological polar surface area (TPSA) is 41.6 Å². The monoisotopic (exact) mass is 316 g/mol. The highest BCUT2D eigenvalue weighted by molar-refractivity contribution is 7.98. The Labute approximate surface area is 130 Å². The van der Waals surface area contributed by atoms with Crippen LogP contribution in [0, 0.1) is 5.92 Å². The molecule has 1 aliphatic rings. The number of amides is 1. The maximum Gasteiger partial charge on any atom is 0.228 e. The summed E-state index contributed by atoms with van der Waals surface area (Å²) in [5.41, 5.74) is 1.10.